The molecule has 72 valence electrons. The molecule has 0 aromatic heterocycles. The quantitative estimate of drug-likeness (QED) is 0.658. The number of nitrogens with one attached hydrogen (secondary N) is 1. The monoisotopic (exact) mass is 171 g/mol. The van der Waals surface area contributed by atoms with Crippen molar-refractivity contribution in [3.63, 3.8) is 0 Å². The van der Waals surface area contributed by atoms with Crippen molar-refractivity contribution in [2.24, 2.45) is 5.41 Å². The van der Waals surface area contributed by atoms with Crippen LogP contribution in [-0.4, -0.2) is 26.3 Å². The van der Waals surface area contributed by atoms with Gasteiger partial charge in [0.05, 0.1) is 6.10 Å². The zero-order valence-corrected chi connectivity index (χ0v) is 8.52. The summed E-state index contributed by atoms with van der Waals surface area (Å²) in [6.07, 6.45) is 4.38. The average molecular weight is 171 g/mol. The highest BCUT2D eigenvalue weighted by atomic mass is 16.5. The van der Waals surface area contributed by atoms with Crippen molar-refractivity contribution in [1.29, 1.82) is 0 Å². The van der Waals surface area contributed by atoms with Crippen LogP contribution in [0.15, 0.2) is 0 Å². The topological polar surface area (TPSA) is 21.3 Å². The molecule has 2 nitrogen and oxygen atoms in total. The first-order valence-corrected chi connectivity index (χ1v) is 4.95. The lowest BCUT2D eigenvalue weighted by Crippen LogP contribution is -2.22. The van der Waals surface area contributed by atoms with Gasteiger partial charge >= 0.3 is 0 Å². The van der Waals surface area contributed by atoms with Crippen molar-refractivity contribution in [1.82, 2.24) is 5.32 Å². The minimum atomic E-state index is 0.385. The molecule has 0 bridgehead atoms. The number of rotatable bonds is 6. The maximum Gasteiger partial charge on any atom is 0.0518 e. The SMILES string of the molecule is CNCC1(CCOC(C)C)CC1. The van der Waals surface area contributed by atoms with Gasteiger partial charge in [-0.2, -0.15) is 0 Å². The molecule has 1 fully saturated rings. The van der Waals surface area contributed by atoms with Crippen molar-refractivity contribution in [3.05, 3.63) is 0 Å². The lowest BCUT2D eigenvalue weighted by Gasteiger charge is -2.15. The summed E-state index contributed by atoms with van der Waals surface area (Å²) in [5.74, 6) is 0. The Balaban J connectivity index is 2.06. The number of ether oxygens (including phenoxy) is 1. The fraction of sp³-hybridized carbons (Fsp3) is 1.00. The Hall–Kier alpha value is -0.0800. The van der Waals surface area contributed by atoms with Gasteiger partial charge in [-0.15, -0.1) is 0 Å². The normalized spacial score (nSPS) is 20.0. The summed E-state index contributed by atoms with van der Waals surface area (Å²) in [6.45, 7) is 6.28. The highest BCUT2D eigenvalue weighted by Gasteiger charge is 2.41. The molecule has 12 heavy (non-hydrogen) atoms. The maximum absolute atomic E-state index is 5.54. The highest BCUT2D eigenvalue weighted by molar-refractivity contribution is 4.94. The zero-order valence-electron chi connectivity index (χ0n) is 8.52. The molecule has 0 atom stereocenters. The zero-order chi connectivity index (χ0) is 9.03. The molecular weight excluding hydrogens is 150 g/mol. The predicted molar refractivity (Wildman–Crippen MR) is 51.3 cm³/mol. The first-order chi connectivity index (χ1) is 5.68. The standard InChI is InChI=1S/C10H21NO/c1-9(2)12-7-6-10(4-5-10)8-11-3/h9,11H,4-8H2,1-3H3. The molecule has 0 unspecified atom stereocenters. The van der Waals surface area contributed by atoms with E-state index in [1.807, 2.05) is 7.05 Å². The van der Waals surface area contributed by atoms with Crippen LogP contribution < -0.4 is 5.32 Å². The van der Waals surface area contributed by atoms with E-state index in [1.165, 1.54) is 19.3 Å². The van der Waals surface area contributed by atoms with Crippen molar-refractivity contribution in [3.8, 4) is 0 Å². The summed E-state index contributed by atoms with van der Waals surface area (Å²) in [6, 6.07) is 0. The maximum atomic E-state index is 5.54. The first kappa shape index (κ1) is 10.0. The first-order valence-electron chi connectivity index (χ1n) is 4.95. The molecule has 0 aromatic rings. The third-order valence-electron chi connectivity index (χ3n) is 2.59. The van der Waals surface area contributed by atoms with Crippen LogP contribution >= 0.6 is 0 Å². The minimum absolute atomic E-state index is 0.385. The van der Waals surface area contributed by atoms with Gasteiger partial charge in [-0.05, 0) is 45.6 Å². The second-order valence-corrected chi connectivity index (χ2v) is 4.20. The third kappa shape index (κ3) is 3.11. The summed E-state index contributed by atoms with van der Waals surface area (Å²) in [7, 11) is 2.03. The molecule has 1 N–H and O–H groups in total. The second-order valence-electron chi connectivity index (χ2n) is 4.20. The van der Waals surface area contributed by atoms with Crippen LogP contribution in [0.5, 0.6) is 0 Å². The lowest BCUT2D eigenvalue weighted by atomic mass is 10.0. The van der Waals surface area contributed by atoms with E-state index in [9.17, 15) is 0 Å². The van der Waals surface area contributed by atoms with Gasteiger partial charge in [-0.1, -0.05) is 0 Å². The third-order valence-corrected chi connectivity index (χ3v) is 2.59. The van der Waals surface area contributed by atoms with Crippen LogP contribution in [0.4, 0.5) is 0 Å². The molecule has 0 amide bonds. The molecule has 1 aliphatic carbocycles. The van der Waals surface area contributed by atoms with E-state index >= 15 is 0 Å². The van der Waals surface area contributed by atoms with Crippen molar-refractivity contribution < 1.29 is 4.74 Å². The molecule has 1 aliphatic rings. The molecule has 0 saturated heterocycles. The van der Waals surface area contributed by atoms with Gasteiger partial charge in [0.1, 0.15) is 0 Å². The molecule has 2 heteroatoms. The van der Waals surface area contributed by atoms with Crippen LogP contribution in [0.2, 0.25) is 0 Å². The largest absolute Gasteiger partial charge is 0.379 e. The Kier molecular flexibility index (Phi) is 3.53. The Labute approximate surface area is 75.7 Å². The van der Waals surface area contributed by atoms with Crippen LogP contribution in [-0.2, 0) is 4.74 Å². The van der Waals surface area contributed by atoms with Crippen molar-refractivity contribution in [2.45, 2.75) is 39.2 Å². The second kappa shape index (κ2) is 4.24. The van der Waals surface area contributed by atoms with Gasteiger partial charge < -0.3 is 10.1 Å². The van der Waals surface area contributed by atoms with Crippen LogP contribution in [0.3, 0.4) is 0 Å². The van der Waals surface area contributed by atoms with E-state index in [1.54, 1.807) is 0 Å². The number of hydrogen-bond donors (Lipinski definition) is 1. The van der Waals surface area contributed by atoms with Gasteiger partial charge in [0, 0.05) is 13.2 Å². The van der Waals surface area contributed by atoms with Crippen molar-refractivity contribution in [2.75, 3.05) is 20.2 Å². The molecule has 0 aromatic carbocycles. The van der Waals surface area contributed by atoms with E-state index in [-0.39, 0.29) is 0 Å². The van der Waals surface area contributed by atoms with E-state index in [0.29, 0.717) is 11.5 Å². The molecular formula is C10H21NO. The summed E-state index contributed by atoms with van der Waals surface area (Å²) < 4.78 is 5.54. The van der Waals surface area contributed by atoms with E-state index < -0.39 is 0 Å². The molecule has 1 saturated carbocycles. The van der Waals surface area contributed by atoms with Gasteiger partial charge in [0.2, 0.25) is 0 Å². The lowest BCUT2D eigenvalue weighted by molar-refractivity contribution is 0.0660. The summed E-state index contributed by atoms with van der Waals surface area (Å²) >= 11 is 0. The van der Waals surface area contributed by atoms with Gasteiger partial charge in [0.15, 0.2) is 0 Å². The molecule has 1 rings (SSSR count). The van der Waals surface area contributed by atoms with Gasteiger partial charge in [0.25, 0.3) is 0 Å². The fourth-order valence-electron chi connectivity index (χ4n) is 1.58. The van der Waals surface area contributed by atoms with Crippen molar-refractivity contribution >= 4 is 0 Å². The summed E-state index contributed by atoms with van der Waals surface area (Å²) in [4.78, 5) is 0. The summed E-state index contributed by atoms with van der Waals surface area (Å²) in [5.41, 5.74) is 0.601. The fourth-order valence-corrected chi connectivity index (χ4v) is 1.58. The van der Waals surface area contributed by atoms with E-state index in [2.05, 4.69) is 19.2 Å². The van der Waals surface area contributed by atoms with E-state index in [0.717, 1.165) is 13.2 Å². The van der Waals surface area contributed by atoms with Gasteiger partial charge in [-0.25, -0.2) is 0 Å². The van der Waals surface area contributed by atoms with Crippen LogP contribution in [0.25, 0.3) is 0 Å². The van der Waals surface area contributed by atoms with Crippen LogP contribution in [0, 0.1) is 5.41 Å². The average Bonchev–Trinajstić information content (AvgIpc) is 2.69. The Morgan fingerprint density at radius 1 is 1.42 bits per heavy atom. The highest BCUT2D eigenvalue weighted by Crippen LogP contribution is 2.48. The van der Waals surface area contributed by atoms with Gasteiger partial charge in [-0.3, -0.25) is 0 Å². The van der Waals surface area contributed by atoms with E-state index in [4.69, 9.17) is 4.74 Å². The molecule has 0 spiro atoms. The number of hydrogen-bond acceptors (Lipinski definition) is 2. The van der Waals surface area contributed by atoms with Crippen LogP contribution in [0.1, 0.15) is 33.1 Å². The molecule has 0 radical (unpaired) electrons. The predicted octanol–water partition coefficient (Wildman–Crippen LogP) is 1.80. The molecule has 0 aliphatic heterocycles. The smallest absolute Gasteiger partial charge is 0.0518 e. The Morgan fingerprint density at radius 3 is 2.50 bits per heavy atom. The Morgan fingerprint density at radius 2 is 2.08 bits per heavy atom. The Bertz CT molecular complexity index is 130. The minimum Gasteiger partial charge on any atom is -0.379 e. The molecule has 0 heterocycles. The summed E-state index contributed by atoms with van der Waals surface area (Å²) in [5, 5.41) is 3.25.